The zero-order chi connectivity index (χ0) is 11.6. The third kappa shape index (κ3) is 4.00. The van der Waals surface area contributed by atoms with Crippen LogP contribution in [0, 0.1) is 17.3 Å². The van der Waals surface area contributed by atoms with Crippen LogP contribution in [0.15, 0.2) is 0 Å². The fourth-order valence-corrected chi connectivity index (χ4v) is 2.05. The first-order chi connectivity index (χ1) is 6.08. The summed E-state index contributed by atoms with van der Waals surface area (Å²) in [4.78, 5) is 0. The lowest BCUT2D eigenvalue weighted by Crippen LogP contribution is -2.45. The molecule has 0 aliphatic carbocycles. The lowest BCUT2D eigenvalue weighted by Gasteiger charge is -2.43. The van der Waals surface area contributed by atoms with Crippen molar-refractivity contribution in [3.05, 3.63) is 0 Å². The van der Waals surface area contributed by atoms with E-state index in [0.29, 0.717) is 11.8 Å². The molecular formula is C13H28O. The predicted molar refractivity (Wildman–Crippen MR) is 63.3 cm³/mol. The van der Waals surface area contributed by atoms with E-state index >= 15 is 0 Å². The van der Waals surface area contributed by atoms with E-state index in [1.807, 2.05) is 0 Å². The summed E-state index contributed by atoms with van der Waals surface area (Å²) in [5.74, 6) is 1.11. The Kier molecular flexibility index (Phi) is 4.64. The van der Waals surface area contributed by atoms with Gasteiger partial charge < -0.3 is 5.11 Å². The largest absolute Gasteiger partial charge is 0.389 e. The van der Waals surface area contributed by atoms with Crippen molar-refractivity contribution in [1.82, 2.24) is 0 Å². The van der Waals surface area contributed by atoms with Crippen molar-refractivity contribution in [2.75, 3.05) is 0 Å². The van der Waals surface area contributed by atoms with E-state index in [0.717, 1.165) is 12.8 Å². The van der Waals surface area contributed by atoms with Crippen molar-refractivity contribution in [1.29, 1.82) is 0 Å². The third-order valence-electron chi connectivity index (χ3n) is 2.89. The Hall–Kier alpha value is -0.0400. The van der Waals surface area contributed by atoms with Crippen LogP contribution in [0.5, 0.6) is 0 Å². The van der Waals surface area contributed by atoms with Gasteiger partial charge in [0.25, 0.3) is 0 Å². The second kappa shape index (κ2) is 4.65. The van der Waals surface area contributed by atoms with Gasteiger partial charge in [0, 0.05) is 0 Å². The van der Waals surface area contributed by atoms with Crippen molar-refractivity contribution in [3.63, 3.8) is 0 Å². The molecule has 0 aliphatic heterocycles. The Bertz CT molecular complexity index is 153. The molecule has 0 bridgehead atoms. The second-order valence-electron chi connectivity index (χ2n) is 6.48. The van der Waals surface area contributed by atoms with E-state index in [9.17, 15) is 5.11 Å². The van der Waals surface area contributed by atoms with E-state index < -0.39 is 5.60 Å². The maximum Gasteiger partial charge on any atom is 0.0700 e. The number of hydrogen-bond acceptors (Lipinski definition) is 1. The van der Waals surface area contributed by atoms with E-state index in [1.54, 1.807) is 0 Å². The molecule has 0 heterocycles. The molecule has 0 aromatic carbocycles. The quantitative estimate of drug-likeness (QED) is 0.730. The molecule has 14 heavy (non-hydrogen) atoms. The Morgan fingerprint density at radius 1 is 0.857 bits per heavy atom. The molecule has 0 spiro atoms. The van der Waals surface area contributed by atoms with Gasteiger partial charge in [-0.1, -0.05) is 48.5 Å². The summed E-state index contributed by atoms with van der Waals surface area (Å²) < 4.78 is 0. The topological polar surface area (TPSA) is 20.2 Å². The molecular weight excluding hydrogens is 172 g/mol. The molecule has 0 atom stereocenters. The summed E-state index contributed by atoms with van der Waals surface area (Å²) in [7, 11) is 0. The molecule has 0 amide bonds. The van der Waals surface area contributed by atoms with Crippen molar-refractivity contribution >= 4 is 0 Å². The van der Waals surface area contributed by atoms with Crippen LogP contribution in [0.3, 0.4) is 0 Å². The maximum absolute atomic E-state index is 10.7. The summed E-state index contributed by atoms with van der Waals surface area (Å²) in [6.45, 7) is 15.1. The van der Waals surface area contributed by atoms with Crippen molar-refractivity contribution in [2.24, 2.45) is 17.3 Å². The first-order valence-electron chi connectivity index (χ1n) is 5.81. The van der Waals surface area contributed by atoms with Crippen LogP contribution >= 0.6 is 0 Å². The molecule has 0 fully saturated rings. The van der Waals surface area contributed by atoms with Crippen molar-refractivity contribution < 1.29 is 5.11 Å². The van der Waals surface area contributed by atoms with Gasteiger partial charge in [-0.05, 0) is 30.1 Å². The van der Waals surface area contributed by atoms with Gasteiger partial charge in [-0.25, -0.2) is 0 Å². The smallest absolute Gasteiger partial charge is 0.0700 e. The summed E-state index contributed by atoms with van der Waals surface area (Å²) >= 11 is 0. The highest BCUT2D eigenvalue weighted by molar-refractivity contribution is 4.91. The van der Waals surface area contributed by atoms with Crippen molar-refractivity contribution in [2.45, 2.75) is 66.9 Å². The molecule has 0 aliphatic rings. The first kappa shape index (κ1) is 14.0. The van der Waals surface area contributed by atoms with Gasteiger partial charge in [0.1, 0.15) is 0 Å². The highest BCUT2D eigenvalue weighted by Gasteiger charge is 2.40. The molecule has 0 rings (SSSR count). The van der Waals surface area contributed by atoms with E-state index in [4.69, 9.17) is 0 Å². The van der Waals surface area contributed by atoms with Gasteiger partial charge >= 0.3 is 0 Å². The minimum absolute atomic E-state index is 0.0263. The zero-order valence-electron chi connectivity index (χ0n) is 11.0. The number of rotatable bonds is 4. The minimum atomic E-state index is -0.519. The average Bonchev–Trinajstić information content (AvgIpc) is 1.78. The van der Waals surface area contributed by atoms with Gasteiger partial charge in [0.05, 0.1) is 5.60 Å². The zero-order valence-corrected chi connectivity index (χ0v) is 11.0. The molecule has 0 saturated carbocycles. The first-order valence-corrected chi connectivity index (χ1v) is 5.81. The van der Waals surface area contributed by atoms with Gasteiger partial charge in [0.15, 0.2) is 0 Å². The summed E-state index contributed by atoms with van der Waals surface area (Å²) in [5, 5.41) is 10.7. The Labute approximate surface area is 89.9 Å². The van der Waals surface area contributed by atoms with Crippen LogP contribution in [-0.2, 0) is 0 Å². The number of aliphatic hydroxyl groups is 1. The Morgan fingerprint density at radius 3 is 1.29 bits per heavy atom. The molecule has 0 saturated heterocycles. The van der Waals surface area contributed by atoms with Gasteiger partial charge in [-0.2, -0.15) is 0 Å². The molecule has 1 heteroatoms. The normalized spacial score (nSPS) is 14.1. The predicted octanol–water partition coefficient (Wildman–Crippen LogP) is 3.86. The van der Waals surface area contributed by atoms with Gasteiger partial charge in [-0.15, -0.1) is 0 Å². The van der Waals surface area contributed by atoms with E-state index in [2.05, 4.69) is 48.5 Å². The molecule has 0 aromatic rings. The van der Waals surface area contributed by atoms with Crippen LogP contribution < -0.4 is 0 Å². The Morgan fingerprint density at radius 2 is 1.14 bits per heavy atom. The third-order valence-corrected chi connectivity index (χ3v) is 2.89. The molecule has 86 valence electrons. The van der Waals surface area contributed by atoms with Crippen molar-refractivity contribution in [3.8, 4) is 0 Å². The maximum atomic E-state index is 10.7. The fourth-order valence-electron chi connectivity index (χ4n) is 2.05. The van der Waals surface area contributed by atoms with E-state index in [-0.39, 0.29) is 5.41 Å². The van der Waals surface area contributed by atoms with Crippen LogP contribution in [-0.4, -0.2) is 10.7 Å². The van der Waals surface area contributed by atoms with Gasteiger partial charge in [0.2, 0.25) is 0 Å². The summed E-state index contributed by atoms with van der Waals surface area (Å²) in [6, 6.07) is 0. The van der Waals surface area contributed by atoms with Crippen LogP contribution in [0.2, 0.25) is 0 Å². The lowest BCUT2D eigenvalue weighted by atomic mass is 9.68. The molecule has 1 nitrogen and oxygen atoms in total. The fraction of sp³-hybridized carbons (Fsp3) is 1.00. The van der Waals surface area contributed by atoms with Crippen LogP contribution in [0.1, 0.15) is 61.3 Å². The Balaban J connectivity index is 4.67. The average molecular weight is 200 g/mol. The standard InChI is InChI=1S/C13H28O/c1-10(2)8-13(14,9-11(3)4)12(5,6)7/h10-11,14H,8-9H2,1-7H3. The lowest BCUT2D eigenvalue weighted by molar-refractivity contribution is -0.0872. The second-order valence-corrected chi connectivity index (χ2v) is 6.48. The van der Waals surface area contributed by atoms with Crippen LogP contribution in [0.25, 0.3) is 0 Å². The highest BCUT2D eigenvalue weighted by atomic mass is 16.3. The highest BCUT2D eigenvalue weighted by Crippen LogP contribution is 2.40. The molecule has 1 N–H and O–H groups in total. The minimum Gasteiger partial charge on any atom is -0.389 e. The number of hydrogen-bond donors (Lipinski definition) is 1. The van der Waals surface area contributed by atoms with Crippen LogP contribution in [0.4, 0.5) is 0 Å². The monoisotopic (exact) mass is 200 g/mol. The summed E-state index contributed by atoms with van der Waals surface area (Å²) in [5.41, 5.74) is -0.545. The SMILES string of the molecule is CC(C)CC(O)(CC(C)C)C(C)(C)C. The molecule has 0 unspecified atom stereocenters. The van der Waals surface area contributed by atoms with Gasteiger partial charge in [-0.3, -0.25) is 0 Å². The molecule has 0 aromatic heterocycles. The summed E-state index contributed by atoms with van der Waals surface area (Å²) in [6.07, 6.45) is 1.80. The van der Waals surface area contributed by atoms with E-state index in [1.165, 1.54) is 0 Å². The molecule has 0 radical (unpaired) electrons.